The van der Waals surface area contributed by atoms with E-state index in [9.17, 15) is 4.39 Å². The molecule has 0 unspecified atom stereocenters. The van der Waals surface area contributed by atoms with Gasteiger partial charge in [-0.25, -0.2) is 4.39 Å². The normalized spacial score (nSPS) is 17.5. The minimum Gasteiger partial charge on any atom is -0.371 e. The maximum absolute atomic E-state index is 13.5. The van der Waals surface area contributed by atoms with Gasteiger partial charge in [-0.05, 0) is 48.7 Å². The number of halogens is 1. The Morgan fingerprint density at radius 1 is 1.00 bits per heavy atom. The van der Waals surface area contributed by atoms with E-state index >= 15 is 0 Å². The molecule has 4 rings (SSSR count). The van der Waals surface area contributed by atoms with Crippen LogP contribution in [0.2, 0.25) is 0 Å². The van der Waals surface area contributed by atoms with Gasteiger partial charge in [0, 0.05) is 57.2 Å². The molecule has 2 N–H and O–H groups in total. The molecular formula is C24H30FN5. The van der Waals surface area contributed by atoms with Crippen molar-refractivity contribution < 1.29 is 4.39 Å². The smallest absolute Gasteiger partial charge is 0.191 e. The van der Waals surface area contributed by atoms with Gasteiger partial charge in [-0.15, -0.1) is 0 Å². The van der Waals surface area contributed by atoms with Crippen molar-refractivity contribution in [1.29, 1.82) is 0 Å². The Balaban J connectivity index is 1.23. The standard InChI is InChI=1S/C24H30FN5/c1-26-24(27-18-19-7-9-22(10-8-19)29-13-2-3-14-29)28-21-11-15-30(16-12-21)23-6-4-5-20(25)17-23/h2-10,17,21H,11-16,18H2,1H3,(H2,26,27,28). The Labute approximate surface area is 178 Å². The van der Waals surface area contributed by atoms with Gasteiger partial charge < -0.3 is 20.4 Å². The predicted octanol–water partition coefficient (Wildman–Crippen LogP) is 3.54. The number of nitrogens with one attached hydrogen (secondary N) is 2. The summed E-state index contributed by atoms with van der Waals surface area (Å²) < 4.78 is 13.5. The van der Waals surface area contributed by atoms with Crippen molar-refractivity contribution >= 4 is 17.3 Å². The van der Waals surface area contributed by atoms with Gasteiger partial charge in [0.05, 0.1) is 0 Å². The molecule has 0 saturated carbocycles. The molecular weight excluding hydrogens is 377 g/mol. The molecule has 0 aliphatic carbocycles. The van der Waals surface area contributed by atoms with Gasteiger partial charge in [-0.1, -0.05) is 30.4 Å². The lowest BCUT2D eigenvalue weighted by atomic mass is 10.0. The van der Waals surface area contributed by atoms with Crippen LogP contribution < -0.4 is 20.4 Å². The van der Waals surface area contributed by atoms with Crippen molar-refractivity contribution in [1.82, 2.24) is 10.6 Å². The number of benzene rings is 2. The summed E-state index contributed by atoms with van der Waals surface area (Å²) in [4.78, 5) is 8.97. The molecule has 2 aromatic rings. The predicted molar refractivity (Wildman–Crippen MR) is 123 cm³/mol. The van der Waals surface area contributed by atoms with E-state index in [1.54, 1.807) is 19.2 Å². The van der Waals surface area contributed by atoms with Crippen molar-refractivity contribution in [2.45, 2.75) is 25.4 Å². The highest BCUT2D eigenvalue weighted by atomic mass is 19.1. The zero-order valence-electron chi connectivity index (χ0n) is 17.5. The number of nitrogens with zero attached hydrogens (tertiary/aromatic N) is 3. The Morgan fingerprint density at radius 2 is 1.73 bits per heavy atom. The number of aliphatic imine (C=N–C) groups is 1. The minimum atomic E-state index is -0.178. The van der Waals surface area contributed by atoms with Crippen LogP contribution in [-0.4, -0.2) is 45.2 Å². The molecule has 0 bridgehead atoms. The lowest BCUT2D eigenvalue weighted by molar-refractivity contribution is 0.461. The second-order valence-electron chi connectivity index (χ2n) is 7.85. The van der Waals surface area contributed by atoms with Gasteiger partial charge in [-0.3, -0.25) is 4.99 Å². The van der Waals surface area contributed by atoms with E-state index in [0.29, 0.717) is 6.04 Å². The molecule has 158 valence electrons. The highest BCUT2D eigenvalue weighted by molar-refractivity contribution is 5.80. The third-order valence-electron chi connectivity index (χ3n) is 5.81. The van der Waals surface area contributed by atoms with Crippen molar-refractivity contribution in [3.05, 3.63) is 72.1 Å². The van der Waals surface area contributed by atoms with Gasteiger partial charge in [-0.2, -0.15) is 0 Å². The topological polar surface area (TPSA) is 42.9 Å². The molecule has 0 radical (unpaired) electrons. The molecule has 0 atom stereocenters. The third-order valence-corrected chi connectivity index (χ3v) is 5.81. The third kappa shape index (κ3) is 5.12. The van der Waals surface area contributed by atoms with Crippen molar-refractivity contribution in [3.63, 3.8) is 0 Å². The zero-order valence-corrected chi connectivity index (χ0v) is 17.5. The first-order valence-electron chi connectivity index (χ1n) is 10.7. The van der Waals surface area contributed by atoms with Crippen molar-refractivity contribution in [2.75, 3.05) is 43.0 Å². The Kier molecular flexibility index (Phi) is 6.52. The molecule has 0 aromatic heterocycles. The fraction of sp³-hybridized carbons (Fsp3) is 0.375. The first kappa shape index (κ1) is 20.3. The van der Waals surface area contributed by atoms with Crippen LogP contribution in [0.25, 0.3) is 0 Å². The Hall–Kier alpha value is -3.02. The summed E-state index contributed by atoms with van der Waals surface area (Å²) in [6.07, 6.45) is 6.40. The molecule has 2 aliphatic heterocycles. The van der Waals surface area contributed by atoms with E-state index in [4.69, 9.17) is 0 Å². The van der Waals surface area contributed by atoms with Crippen LogP contribution in [0.15, 0.2) is 65.7 Å². The number of guanidine groups is 1. The minimum absolute atomic E-state index is 0.178. The number of rotatable bonds is 5. The lowest BCUT2D eigenvalue weighted by Crippen LogP contribution is -2.48. The largest absolute Gasteiger partial charge is 0.371 e. The molecule has 1 fully saturated rings. The summed E-state index contributed by atoms with van der Waals surface area (Å²) in [6.45, 7) is 4.54. The maximum Gasteiger partial charge on any atom is 0.191 e. The zero-order chi connectivity index (χ0) is 20.8. The van der Waals surface area contributed by atoms with Crippen molar-refractivity contribution in [2.24, 2.45) is 4.99 Å². The second-order valence-corrected chi connectivity index (χ2v) is 7.85. The van der Waals surface area contributed by atoms with E-state index in [-0.39, 0.29) is 5.82 Å². The van der Waals surface area contributed by atoms with E-state index in [0.717, 1.165) is 57.2 Å². The summed E-state index contributed by atoms with van der Waals surface area (Å²) in [5, 5.41) is 6.96. The molecule has 0 amide bonds. The second kappa shape index (κ2) is 9.65. The number of hydrogen-bond acceptors (Lipinski definition) is 3. The average molecular weight is 408 g/mol. The number of hydrogen-bond donors (Lipinski definition) is 2. The molecule has 5 nitrogen and oxygen atoms in total. The summed E-state index contributed by atoms with van der Waals surface area (Å²) in [7, 11) is 1.81. The number of anilines is 2. The molecule has 0 spiro atoms. The van der Waals surface area contributed by atoms with Gasteiger partial charge >= 0.3 is 0 Å². The van der Waals surface area contributed by atoms with Crippen LogP contribution in [0.3, 0.4) is 0 Å². The summed E-state index contributed by atoms with van der Waals surface area (Å²) in [5.41, 5.74) is 3.45. The van der Waals surface area contributed by atoms with Crippen molar-refractivity contribution in [3.8, 4) is 0 Å². The van der Waals surface area contributed by atoms with Crippen LogP contribution in [0.1, 0.15) is 18.4 Å². The summed E-state index contributed by atoms with van der Waals surface area (Å²) in [6, 6.07) is 15.9. The summed E-state index contributed by atoms with van der Waals surface area (Å²) in [5.74, 6) is 0.648. The fourth-order valence-electron chi connectivity index (χ4n) is 4.04. The molecule has 30 heavy (non-hydrogen) atoms. The highest BCUT2D eigenvalue weighted by Gasteiger charge is 2.20. The van der Waals surface area contributed by atoms with Crippen LogP contribution in [0, 0.1) is 5.82 Å². The van der Waals surface area contributed by atoms with Crippen LogP contribution in [-0.2, 0) is 6.54 Å². The Bertz CT molecular complexity index is 877. The lowest BCUT2D eigenvalue weighted by Gasteiger charge is -2.34. The van der Waals surface area contributed by atoms with Crippen LogP contribution in [0.5, 0.6) is 0 Å². The van der Waals surface area contributed by atoms with Gasteiger partial charge in [0.25, 0.3) is 0 Å². The molecule has 2 aromatic carbocycles. The monoisotopic (exact) mass is 407 g/mol. The van der Waals surface area contributed by atoms with E-state index in [1.807, 2.05) is 6.07 Å². The van der Waals surface area contributed by atoms with Gasteiger partial charge in [0.1, 0.15) is 5.82 Å². The number of piperidine rings is 1. The molecule has 6 heteroatoms. The molecule has 1 saturated heterocycles. The van der Waals surface area contributed by atoms with Crippen LogP contribution >= 0.6 is 0 Å². The van der Waals surface area contributed by atoms with E-state index in [1.165, 1.54) is 17.3 Å². The van der Waals surface area contributed by atoms with Gasteiger partial charge in [0.15, 0.2) is 5.96 Å². The molecule has 2 aliphatic rings. The quantitative estimate of drug-likeness (QED) is 0.452. The van der Waals surface area contributed by atoms with Crippen LogP contribution in [0.4, 0.5) is 15.8 Å². The first-order chi connectivity index (χ1) is 14.7. The van der Waals surface area contributed by atoms with E-state index in [2.05, 4.69) is 61.8 Å². The van der Waals surface area contributed by atoms with Gasteiger partial charge in [0.2, 0.25) is 0 Å². The summed E-state index contributed by atoms with van der Waals surface area (Å²) >= 11 is 0. The highest BCUT2D eigenvalue weighted by Crippen LogP contribution is 2.21. The SMILES string of the molecule is CN=C(NCc1ccc(N2CC=CC2)cc1)NC1CCN(c2cccc(F)c2)CC1. The molecule has 2 heterocycles. The maximum atomic E-state index is 13.5. The van der Waals surface area contributed by atoms with E-state index < -0.39 is 0 Å². The fourth-order valence-corrected chi connectivity index (χ4v) is 4.04. The Morgan fingerprint density at radius 3 is 2.40 bits per heavy atom. The first-order valence-corrected chi connectivity index (χ1v) is 10.7. The average Bonchev–Trinajstić information content (AvgIpc) is 3.32.